The Labute approximate surface area is 88.3 Å². The Hall–Kier alpha value is -0.920. The van der Waals surface area contributed by atoms with E-state index in [1.165, 1.54) is 12.5 Å². The topological polar surface area (TPSA) is 101 Å². The molecule has 7 heteroatoms. The minimum atomic E-state index is -3.50. The van der Waals surface area contributed by atoms with Crippen LogP contribution in [0.1, 0.15) is 19.3 Å². The molecular weight excluding hydrogens is 216 g/mol. The number of hydrogen-bond acceptors (Lipinski definition) is 4. The Balaban J connectivity index is 2.18. The highest BCUT2D eigenvalue weighted by molar-refractivity contribution is 7.89. The van der Waals surface area contributed by atoms with Crippen LogP contribution < -0.4 is 10.5 Å². The SMILES string of the molecule is NCC1(NS(=O)(=O)c2cnc[nH]2)CCC1. The van der Waals surface area contributed by atoms with E-state index in [4.69, 9.17) is 5.73 Å². The first-order valence-electron chi connectivity index (χ1n) is 4.80. The maximum Gasteiger partial charge on any atom is 0.258 e. The molecule has 1 heterocycles. The molecule has 84 valence electrons. The lowest BCUT2D eigenvalue weighted by Crippen LogP contribution is -2.58. The van der Waals surface area contributed by atoms with Gasteiger partial charge in [-0.25, -0.2) is 18.1 Å². The van der Waals surface area contributed by atoms with Gasteiger partial charge in [-0.2, -0.15) is 0 Å². The van der Waals surface area contributed by atoms with Crippen LogP contribution >= 0.6 is 0 Å². The summed E-state index contributed by atoms with van der Waals surface area (Å²) in [6.07, 6.45) is 5.24. The summed E-state index contributed by atoms with van der Waals surface area (Å²) in [7, 11) is -3.50. The van der Waals surface area contributed by atoms with Gasteiger partial charge in [-0.15, -0.1) is 0 Å². The fourth-order valence-electron chi connectivity index (χ4n) is 1.68. The van der Waals surface area contributed by atoms with Crippen molar-refractivity contribution in [1.82, 2.24) is 14.7 Å². The number of aromatic nitrogens is 2. The molecule has 0 saturated heterocycles. The van der Waals surface area contributed by atoms with E-state index in [2.05, 4.69) is 14.7 Å². The molecule has 0 aliphatic heterocycles. The average molecular weight is 230 g/mol. The molecule has 1 aromatic rings. The highest BCUT2D eigenvalue weighted by Gasteiger charge is 2.39. The molecule has 1 fully saturated rings. The summed E-state index contributed by atoms with van der Waals surface area (Å²) in [5.74, 6) is 0. The Morgan fingerprint density at radius 2 is 2.33 bits per heavy atom. The zero-order valence-electron chi connectivity index (χ0n) is 8.23. The van der Waals surface area contributed by atoms with Crippen LogP contribution in [0.4, 0.5) is 0 Å². The van der Waals surface area contributed by atoms with Gasteiger partial charge in [0.05, 0.1) is 12.5 Å². The number of nitrogens with zero attached hydrogens (tertiary/aromatic N) is 1. The van der Waals surface area contributed by atoms with Crippen LogP contribution in [0.3, 0.4) is 0 Å². The van der Waals surface area contributed by atoms with E-state index >= 15 is 0 Å². The Kier molecular flexibility index (Phi) is 2.53. The maximum atomic E-state index is 11.8. The summed E-state index contributed by atoms with van der Waals surface area (Å²) in [6.45, 7) is 0.334. The summed E-state index contributed by atoms with van der Waals surface area (Å²) in [4.78, 5) is 6.25. The fraction of sp³-hybridized carbons (Fsp3) is 0.625. The van der Waals surface area contributed by atoms with Gasteiger partial charge >= 0.3 is 0 Å². The number of nitrogens with one attached hydrogen (secondary N) is 2. The largest absolute Gasteiger partial charge is 0.335 e. The van der Waals surface area contributed by atoms with Crippen LogP contribution in [-0.4, -0.2) is 30.5 Å². The number of sulfonamides is 1. The van der Waals surface area contributed by atoms with Gasteiger partial charge in [0, 0.05) is 12.1 Å². The molecule has 4 N–H and O–H groups in total. The molecule has 0 radical (unpaired) electrons. The molecule has 15 heavy (non-hydrogen) atoms. The highest BCUT2D eigenvalue weighted by Crippen LogP contribution is 2.32. The van der Waals surface area contributed by atoms with Crippen molar-refractivity contribution >= 4 is 10.0 Å². The van der Waals surface area contributed by atoms with Crippen molar-refractivity contribution < 1.29 is 8.42 Å². The second-order valence-electron chi connectivity index (χ2n) is 3.86. The molecule has 0 aromatic carbocycles. The molecule has 0 atom stereocenters. The number of H-pyrrole nitrogens is 1. The van der Waals surface area contributed by atoms with Crippen LogP contribution in [0.25, 0.3) is 0 Å². The molecular formula is C8H14N4O2S. The first kappa shape index (κ1) is 10.6. The normalized spacial score (nSPS) is 19.8. The van der Waals surface area contributed by atoms with Crippen LogP contribution in [-0.2, 0) is 10.0 Å². The van der Waals surface area contributed by atoms with Crippen molar-refractivity contribution in [3.8, 4) is 0 Å². The van der Waals surface area contributed by atoms with Crippen LogP contribution in [0.15, 0.2) is 17.6 Å². The summed E-state index contributed by atoms with van der Waals surface area (Å²) in [5, 5.41) is 0.0854. The van der Waals surface area contributed by atoms with Gasteiger partial charge in [-0.1, -0.05) is 0 Å². The minimum absolute atomic E-state index is 0.0854. The summed E-state index contributed by atoms with van der Waals surface area (Å²) < 4.78 is 26.3. The maximum absolute atomic E-state index is 11.8. The van der Waals surface area contributed by atoms with Crippen LogP contribution in [0.5, 0.6) is 0 Å². The van der Waals surface area contributed by atoms with Gasteiger partial charge in [0.1, 0.15) is 0 Å². The Bertz CT molecular complexity index is 416. The predicted octanol–water partition coefficient (Wildman–Crippen LogP) is -0.431. The fourth-order valence-corrected chi connectivity index (χ4v) is 3.06. The van der Waals surface area contributed by atoms with Gasteiger partial charge in [0.25, 0.3) is 10.0 Å². The number of rotatable bonds is 4. The Morgan fingerprint density at radius 1 is 1.60 bits per heavy atom. The lowest BCUT2D eigenvalue weighted by atomic mass is 9.78. The van der Waals surface area contributed by atoms with Crippen molar-refractivity contribution in [1.29, 1.82) is 0 Å². The third-order valence-corrected chi connectivity index (χ3v) is 4.32. The molecule has 0 bridgehead atoms. The van der Waals surface area contributed by atoms with Gasteiger partial charge < -0.3 is 10.7 Å². The van der Waals surface area contributed by atoms with E-state index in [1.807, 2.05) is 0 Å². The standard InChI is InChI=1S/C8H14N4O2S/c9-5-8(2-1-3-8)12-15(13,14)7-4-10-6-11-7/h4,6,12H,1-3,5,9H2,(H,10,11). The third-order valence-electron chi connectivity index (χ3n) is 2.81. The lowest BCUT2D eigenvalue weighted by Gasteiger charge is -2.40. The second-order valence-corrected chi connectivity index (χ2v) is 5.51. The number of imidazole rings is 1. The molecule has 0 spiro atoms. The molecule has 1 aliphatic carbocycles. The number of aromatic amines is 1. The zero-order valence-corrected chi connectivity index (χ0v) is 9.05. The summed E-state index contributed by atoms with van der Waals surface area (Å²) >= 11 is 0. The third kappa shape index (κ3) is 1.90. The molecule has 1 aromatic heterocycles. The van der Waals surface area contributed by atoms with E-state index in [0.717, 1.165) is 19.3 Å². The number of nitrogens with two attached hydrogens (primary N) is 1. The molecule has 1 aliphatic rings. The van der Waals surface area contributed by atoms with Gasteiger partial charge in [-0.05, 0) is 19.3 Å². The Morgan fingerprint density at radius 3 is 2.73 bits per heavy atom. The predicted molar refractivity (Wildman–Crippen MR) is 54.5 cm³/mol. The van der Waals surface area contributed by atoms with Crippen molar-refractivity contribution in [3.63, 3.8) is 0 Å². The van der Waals surface area contributed by atoms with Crippen LogP contribution in [0, 0.1) is 0 Å². The van der Waals surface area contributed by atoms with E-state index < -0.39 is 15.6 Å². The van der Waals surface area contributed by atoms with Crippen molar-refractivity contribution in [2.75, 3.05) is 6.54 Å². The molecule has 2 rings (SSSR count). The highest BCUT2D eigenvalue weighted by atomic mass is 32.2. The van der Waals surface area contributed by atoms with Crippen molar-refractivity contribution in [2.24, 2.45) is 5.73 Å². The zero-order chi connectivity index (χ0) is 10.9. The van der Waals surface area contributed by atoms with Gasteiger partial charge in [-0.3, -0.25) is 0 Å². The molecule has 0 amide bonds. The first-order valence-corrected chi connectivity index (χ1v) is 6.29. The first-order chi connectivity index (χ1) is 7.08. The monoisotopic (exact) mass is 230 g/mol. The van der Waals surface area contributed by atoms with Crippen LogP contribution in [0.2, 0.25) is 0 Å². The smallest absolute Gasteiger partial charge is 0.258 e. The summed E-state index contributed by atoms with van der Waals surface area (Å²) in [6, 6.07) is 0. The average Bonchev–Trinajstić information content (AvgIpc) is 2.64. The van der Waals surface area contributed by atoms with Gasteiger partial charge in [0.15, 0.2) is 5.03 Å². The van der Waals surface area contributed by atoms with Crippen molar-refractivity contribution in [2.45, 2.75) is 29.8 Å². The number of hydrogen-bond donors (Lipinski definition) is 3. The van der Waals surface area contributed by atoms with E-state index in [9.17, 15) is 8.42 Å². The quantitative estimate of drug-likeness (QED) is 0.653. The van der Waals surface area contributed by atoms with Crippen molar-refractivity contribution in [3.05, 3.63) is 12.5 Å². The van der Waals surface area contributed by atoms with E-state index in [-0.39, 0.29) is 5.03 Å². The van der Waals surface area contributed by atoms with Gasteiger partial charge in [0.2, 0.25) is 0 Å². The van der Waals surface area contributed by atoms with E-state index in [1.54, 1.807) is 0 Å². The van der Waals surface area contributed by atoms with E-state index in [0.29, 0.717) is 6.54 Å². The molecule has 1 saturated carbocycles. The molecule has 0 unspecified atom stereocenters. The lowest BCUT2D eigenvalue weighted by molar-refractivity contribution is 0.230. The minimum Gasteiger partial charge on any atom is -0.335 e. The molecule has 6 nitrogen and oxygen atoms in total. The summed E-state index contributed by atoms with van der Waals surface area (Å²) in [5.41, 5.74) is 5.14. The second kappa shape index (κ2) is 3.58.